The molecule has 0 atom stereocenters. The summed E-state index contributed by atoms with van der Waals surface area (Å²) in [6, 6.07) is 9.67. The number of halogens is 1. The predicted molar refractivity (Wildman–Crippen MR) is 129 cm³/mol. The van der Waals surface area contributed by atoms with Crippen molar-refractivity contribution in [3.05, 3.63) is 45.9 Å². The maximum absolute atomic E-state index is 12.0. The van der Waals surface area contributed by atoms with Crippen LogP contribution in [0.1, 0.15) is 31.9 Å². The standard InChI is InChI=1S/C24H33BrN2O5/c1-24(2,3)27-23(28)15-32-22-13-18(25)17(12-21(22)31-6)14-26-10-9-16-7-8-19(29-4)20(11-16)30-5/h7-8,11-13,26H,9-10,14-15H2,1-6H3,(H,27,28). The summed E-state index contributed by atoms with van der Waals surface area (Å²) in [6.45, 7) is 7.13. The molecule has 0 heterocycles. The molecule has 32 heavy (non-hydrogen) atoms. The van der Waals surface area contributed by atoms with Crippen LogP contribution in [0.25, 0.3) is 0 Å². The van der Waals surface area contributed by atoms with Crippen LogP contribution in [0.2, 0.25) is 0 Å². The predicted octanol–water partition coefficient (Wildman–Crippen LogP) is 4.10. The Morgan fingerprint density at radius 3 is 2.22 bits per heavy atom. The Bertz CT molecular complexity index is 912. The van der Waals surface area contributed by atoms with Gasteiger partial charge in [-0.15, -0.1) is 0 Å². The van der Waals surface area contributed by atoms with Gasteiger partial charge in [0.25, 0.3) is 5.91 Å². The number of rotatable bonds is 11. The Balaban J connectivity index is 1.93. The highest BCUT2D eigenvalue weighted by molar-refractivity contribution is 9.10. The maximum Gasteiger partial charge on any atom is 0.258 e. The van der Waals surface area contributed by atoms with Gasteiger partial charge >= 0.3 is 0 Å². The fraction of sp³-hybridized carbons (Fsp3) is 0.458. The molecule has 0 aliphatic rings. The SMILES string of the molecule is COc1ccc(CCNCc2cc(OC)c(OCC(=O)NC(C)(C)C)cc2Br)cc1OC. The van der Waals surface area contributed by atoms with Gasteiger partial charge in [0.1, 0.15) is 0 Å². The highest BCUT2D eigenvalue weighted by Gasteiger charge is 2.16. The first-order valence-corrected chi connectivity index (χ1v) is 11.2. The van der Waals surface area contributed by atoms with Crippen LogP contribution in [0.4, 0.5) is 0 Å². The first-order valence-electron chi connectivity index (χ1n) is 10.4. The van der Waals surface area contributed by atoms with E-state index in [0.29, 0.717) is 18.0 Å². The topological polar surface area (TPSA) is 78.0 Å². The first-order chi connectivity index (χ1) is 15.2. The van der Waals surface area contributed by atoms with Crippen molar-refractivity contribution < 1.29 is 23.7 Å². The van der Waals surface area contributed by atoms with Gasteiger partial charge in [-0.3, -0.25) is 4.79 Å². The number of carbonyl (C=O) groups excluding carboxylic acids is 1. The highest BCUT2D eigenvalue weighted by Crippen LogP contribution is 2.33. The van der Waals surface area contributed by atoms with E-state index < -0.39 is 0 Å². The number of hydrogen-bond acceptors (Lipinski definition) is 6. The van der Waals surface area contributed by atoms with Crippen molar-refractivity contribution in [1.29, 1.82) is 0 Å². The normalized spacial score (nSPS) is 11.1. The molecule has 0 spiro atoms. The summed E-state index contributed by atoms with van der Waals surface area (Å²) in [5.74, 6) is 2.35. The minimum absolute atomic E-state index is 0.0804. The third-order valence-electron chi connectivity index (χ3n) is 4.56. The lowest BCUT2D eigenvalue weighted by molar-refractivity contribution is -0.124. The Hall–Kier alpha value is -2.45. The molecule has 0 aromatic heterocycles. The van der Waals surface area contributed by atoms with Gasteiger partial charge in [0.2, 0.25) is 0 Å². The zero-order valence-electron chi connectivity index (χ0n) is 19.6. The third kappa shape index (κ3) is 7.91. The molecular formula is C24H33BrN2O5. The number of methoxy groups -OCH3 is 3. The van der Waals surface area contributed by atoms with Crippen LogP contribution in [0.3, 0.4) is 0 Å². The molecule has 0 aliphatic carbocycles. The summed E-state index contributed by atoms with van der Waals surface area (Å²) >= 11 is 3.59. The summed E-state index contributed by atoms with van der Waals surface area (Å²) in [5, 5.41) is 6.31. The zero-order valence-corrected chi connectivity index (χ0v) is 21.2. The molecule has 0 bridgehead atoms. The molecular weight excluding hydrogens is 476 g/mol. The van der Waals surface area contributed by atoms with Crippen LogP contribution in [0, 0.1) is 0 Å². The van der Waals surface area contributed by atoms with Crippen LogP contribution >= 0.6 is 15.9 Å². The van der Waals surface area contributed by atoms with Crippen molar-refractivity contribution in [3.63, 3.8) is 0 Å². The van der Waals surface area contributed by atoms with E-state index in [4.69, 9.17) is 18.9 Å². The molecule has 0 saturated carbocycles. The van der Waals surface area contributed by atoms with Gasteiger partial charge in [-0.25, -0.2) is 0 Å². The summed E-state index contributed by atoms with van der Waals surface area (Å²) in [5.41, 5.74) is 1.88. The Kier molecular flexibility index (Phi) is 9.65. The van der Waals surface area contributed by atoms with Gasteiger partial charge in [-0.2, -0.15) is 0 Å². The van der Waals surface area contributed by atoms with E-state index in [2.05, 4.69) is 26.6 Å². The Labute approximate surface area is 198 Å². The van der Waals surface area contributed by atoms with E-state index in [1.54, 1.807) is 21.3 Å². The first kappa shape index (κ1) is 25.8. The Morgan fingerprint density at radius 2 is 1.59 bits per heavy atom. The minimum Gasteiger partial charge on any atom is -0.493 e. The molecule has 1 amide bonds. The molecule has 0 saturated heterocycles. The van der Waals surface area contributed by atoms with Gasteiger partial charge in [0.05, 0.1) is 21.3 Å². The summed E-state index contributed by atoms with van der Waals surface area (Å²) in [6.07, 6.45) is 0.846. The fourth-order valence-electron chi connectivity index (χ4n) is 3.07. The van der Waals surface area contributed by atoms with Crippen LogP contribution in [-0.2, 0) is 17.8 Å². The summed E-state index contributed by atoms with van der Waals surface area (Å²) in [4.78, 5) is 12.0. The lowest BCUT2D eigenvalue weighted by Crippen LogP contribution is -2.43. The molecule has 2 rings (SSSR count). The molecule has 2 aromatic rings. The number of ether oxygens (including phenoxy) is 4. The molecule has 0 radical (unpaired) electrons. The van der Waals surface area contributed by atoms with Gasteiger partial charge < -0.3 is 29.6 Å². The molecule has 2 aromatic carbocycles. The number of carbonyl (C=O) groups is 1. The van der Waals surface area contributed by atoms with Crippen LogP contribution in [-0.4, -0.2) is 45.9 Å². The molecule has 176 valence electrons. The maximum atomic E-state index is 12.0. The van der Waals surface area contributed by atoms with E-state index in [1.165, 1.54) is 0 Å². The van der Waals surface area contributed by atoms with Crippen molar-refractivity contribution in [3.8, 4) is 23.0 Å². The largest absolute Gasteiger partial charge is 0.493 e. The van der Waals surface area contributed by atoms with Crippen LogP contribution in [0.5, 0.6) is 23.0 Å². The highest BCUT2D eigenvalue weighted by atomic mass is 79.9. The smallest absolute Gasteiger partial charge is 0.258 e. The van der Waals surface area contributed by atoms with Crippen molar-refractivity contribution in [1.82, 2.24) is 10.6 Å². The lowest BCUT2D eigenvalue weighted by Gasteiger charge is -2.21. The van der Waals surface area contributed by atoms with Gasteiger partial charge in [0.15, 0.2) is 29.6 Å². The van der Waals surface area contributed by atoms with Gasteiger partial charge in [-0.1, -0.05) is 22.0 Å². The summed E-state index contributed by atoms with van der Waals surface area (Å²) < 4.78 is 22.7. The molecule has 0 unspecified atom stereocenters. The van der Waals surface area contributed by atoms with Gasteiger partial charge in [0, 0.05) is 16.6 Å². The number of hydrogen-bond donors (Lipinski definition) is 2. The van der Waals surface area contributed by atoms with E-state index in [1.807, 2.05) is 51.1 Å². The van der Waals surface area contributed by atoms with E-state index in [-0.39, 0.29) is 18.1 Å². The van der Waals surface area contributed by atoms with Crippen LogP contribution in [0.15, 0.2) is 34.8 Å². The van der Waals surface area contributed by atoms with E-state index in [9.17, 15) is 4.79 Å². The minimum atomic E-state index is -0.308. The second-order valence-electron chi connectivity index (χ2n) is 8.30. The molecule has 0 aliphatic heterocycles. The van der Waals surface area contributed by atoms with Crippen LogP contribution < -0.4 is 29.6 Å². The number of benzene rings is 2. The summed E-state index contributed by atoms with van der Waals surface area (Å²) in [7, 11) is 4.84. The molecule has 2 N–H and O–H groups in total. The number of amides is 1. The second kappa shape index (κ2) is 12.0. The lowest BCUT2D eigenvalue weighted by atomic mass is 10.1. The third-order valence-corrected chi connectivity index (χ3v) is 5.30. The average molecular weight is 509 g/mol. The fourth-order valence-corrected chi connectivity index (χ4v) is 3.54. The molecule has 8 heteroatoms. The van der Waals surface area contributed by atoms with Crippen molar-refractivity contribution in [2.45, 2.75) is 39.3 Å². The Morgan fingerprint density at radius 1 is 0.938 bits per heavy atom. The zero-order chi connectivity index (χ0) is 23.7. The molecule has 7 nitrogen and oxygen atoms in total. The quantitative estimate of drug-likeness (QED) is 0.445. The van der Waals surface area contributed by atoms with Crippen molar-refractivity contribution >= 4 is 21.8 Å². The monoisotopic (exact) mass is 508 g/mol. The van der Waals surface area contributed by atoms with Crippen molar-refractivity contribution in [2.75, 3.05) is 34.5 Å². The van der Waals surface area contributed by atoms with Gasteiger partial charge in [-0.05, 0) is 69.1 Å². The van der Waals surface area contributed by atoms with Crippen molar-refractivity contribution in [2.24, 2.45) is 0 Å². The van der Waals surface area contributed by atoms with E-state index >= 15 is 0 Å². The van der Waals surface area contributed by atoms with E-state index in [0.717, 1.165) is 40.1 Å². The number of nitrogens with one attached hydrogen (secondary N) is 2. The molecule has 0 fully saturated rings. The average Bonchev–Trinajstić information content (AvgIpc) is 2.74. The second-order valence-corrected chi connectivity index (χ2v) is 9.15.